The molecule has 4 aromatic rings. The maximum absolute atomic E-state index is 12.5. The fraction of sp³-hybridized carbons (Fsp3) is 0.222. The Balaban J connectivity index is 1.29. The molecule has 174 valence electrons. The van der Waals surface area contributed by atoms with Crippen molar-refractivity contribution in [2.75, 3.05) is 11.9 Å². The molecule has 34 heavy (non-hydrogen) atoms. The molecule has 0 saturated heterocycles. The molecular weight excluding hydrogens is 446 g/mol. The number of carbonyl (C=O) groups excluding carboxylic acids is 1. The van der Waals surface area contributed by atoms with E-state index in [9.17, 15) is 4.79 Å². The zero-order valence-electron chi connectivity index (χ0n) is 19.3. The van der Waals surface area contributed by atoms with Crippen molar-refractivity contribution in [1.82, 2.24) is 10.3 Å². The van der Waals surface area contributed by atoms with Crippen LogP contribution < -0.4 is 15.4 Å². The SMILES string of the molecule is CCCCOc1ccc(C(=O)NC(=S)Nc2ccc(Cc3nc4cc(C)ccc4o3)cc2)cc1. The van der Waals surface area contributed by atoms with Crippen LogP contribution in [-0.4, -0.2) is 22.6 Å². The lowest BCUT2D eigenvalue weighted by Gasteiger charge is -2.11. The van der Waals surface area contributed by atoms with E-state index in [2.05, 4.69) is 22.5 Å². The maximum atomic E-state index is 12.5. The zero-order chi connectivity index (χ0) is 23.9. The van der Waals surface area contributed by atoms with Gasteiger partial charge >= 0.3 is 0 Å². The average molecular weight is 474 g/mol. The molecule has 3 aromatic carbocycles. The van der Waals surface area contributed by atoms with E-state index >= 15 is 0 Å². The van der Waals surface area contributed by atoms with Crippen molar-refractivity contribution in [2.24, 2.45) is 0 Å². The summed E-state index contributed by atoms with van der Waals surface area (Å²) in [5.74, 6) is 1.14. The highest BCUT2D eigenvalue weighted by molar-refractivity contribution is 7.80. The van der Waals surface area contributed by atoms with Gasteiger partial charge in [-0.1, -0.05) is 31.5 Å². The lowest BCUT2D eigenvalue weighted by Crippen LogP contribution is -2.34. The van der Waals surface area contributed by atoms with E-state index in [-0.39, 0.29) is 11.0 Å². The number of hydrogen-bond donors (Lipinski definition) is 2. The van der Waals surface area contributed by atoms with Crippen LogP contribution >= 0.6 is 12.2 Å². The van der Waals surface area contributed by atoms with Gasteiger partial charge in [0.05, 0.1) is 6.61 Å². The van der Waals surface area contributed by atoms with Gasteiger partial charge in [-0.2, -0.15) is 0 Å². The van der Waals surface area contributed by atoms with Gasteiger partial charge in [0, 0.05) is 17.7 Å². The van der Waals surface area contributed by atoms with Gasteiger partial charge in [-0.15, -0.1) is 0 Å². The topological polar surface area (TPSA) is 76.4 Å². The number of fused-ring (bicyclic) bond motifs is 1. The first-order chi connectivity index (χ1) is 16.5. The van der Waals surface area contributed by atoms with Crippen LogP contribution in [0, 0.1) is 6.92 Å². The van der Waals surface area contributed by atoms with Crippen molar-refractivity contribution in [1.29, 1.82) is 0 Å². The van der Waals surface area contributed by atoms with Crippen LogP contribution in [0.3, 0.4) is 0 Å². The number of anilines is 1. The second-order valence-electron chi connectivity index (χ2n) is 8.09. The summed E-state index contributed by atoms with van der Waals surface area (Å²) in [4.78, 5) is 17.0. The highest BCUT2D eigenvalue weighted by Gasteiger charge is 2.10. The van der Waals surface area contributed by atoms with Gasteiger partial charge in [0.15, 0.2) is 16.6 Å². The van der Waals surface area contributed by atoms with E-state index in [0.717, 1.165) is 46.5 Å². The molecule has 0 aliphatic rings. The summed E-state index contributed by atoms with van der Waals surface area (Å²) in [5, 5.41) is 5.98. The van der Waals surface area contributed by atoms with E-state index in [4.69, 9.17) is 21.4 Å². The summed E-state index contributed by atoms with van der Waals surface area (Å²) in [6, 6.07) is 20.8. The van der Waals surface area contributed by atoms with Crippen molar-refractivity contribution < 1.29 is 13.9 Å². The number of aromatic nitrogens is 1. The van der Waals surface area contributed by atoms with Crippen LogP contribution in [0.15, 0.2) is 71.1 Å². The molecule has 6 nitrogen and oxygen atoms in total. The van der Waals surface area contributed by atoms with Crippen LogP contribution in [0.1, 0.15) is 47.1 Å². The molecule has 1 heterocycles. The Labute approximate surface area is 204 Å². The number of unbranched alkanes of at least 4 members (excludes halogenated alkanes) is 1. The largest absolute Gasteiger partial charge is 0.494 e. The predicted octanol–water partition coefficient (Wildman–Crippen LogP) is 6.03. The van der Waals surface area contributed by atoms with E-state index < -0.39 is 0 Å². The molecule has 0 saturated carbocycles. The first-order valence-corrected chi connectivity index (χ1v) is 11.7. The summed E-state index contributed by atoms with van der Waals surface area (Å²) >= 11 is 5.30. The Bertz CT molecular complexity index is 1280. The molecule has 0 atom stereocenters. The predicted molar refractivity (Wildman–Crippen MR) is 139 cm³/mol. The van der Waals surface area contributed by atoms with Crippen molar-refractivity contribution in [3.63, 3.8) is 0 Å². The van der Waals surface area contributed by atoms with Crippen LogP contribution in [0.5, 0.6) is 5.75 Å². The molecular formula is C27H27N3O3S. The third-order valence-electron chi connectivity index (χ3n) is 5.26. The Morgan fingerprint density at radius 3 is 2.56 bits per heavy atom. The minimum absolute atomic E-state index is 0.232. The number of rotatable bonds is 8. The summed E-state index contributed by atoms with van der Waals surface area (Å²) < 4.78 is 11.5. The molecule has 0 aliphatic heterocycles. The minimum Gasteiger partial charge on any atom is -0.494 e. The van der Waals surface area contributed by atoms with Gasteiger partial charge in [0.1, 0.15) is 11.3 Å². The van der Waals surface area contributed by atoms with Crippen molar-refractivity contribution in [3.8, 4) is 5.75 Å². The Kier molecular flexibility index (Phi) is 7.54. The lowest BCUT2D eigenvalue weighted by molar-refractivity contribution is 0.0977. The van der Waals surface area contributed by atoms with E-state index in [1.807, 2.05) is 49.4 Å². The zero-order valence-corrected chi connectivity index (χ0v) is 20.1. The van der Waals surface area contributed by atoms with Gasteiger partial charge in [0.25, 0.3) is 5.91 Å². The number of nitrogens with zero attached hydrogens (tertiary/aromatic N) is 1. The van der Waals surface area contributed by atoms with Gasteiger partial charge in [-0.05, 0) is 85.2 Å². The number of amides is 1. The number of thiocarbonyl (C=S) groups is 1. The van der Waals surface area contributed by atoms with Gasteiger partial charge in [0.2, 0.25) is 0 Å². The maximum Gasteiger partial charge on any atom is 0.257 e. The Morgan fingerprint density at radius 1 is 1.06 bits per heavy atom. The standard InChI is InChI=1S/C27H27N3O3S/c1-3-4-15-32-22-12-8-20(9-13-22)26(31)30-27(34)28-21-10-6-19(7-11-21)17-25-29-23-16-18(2)5-14-24(23)33-25/h5-14,16H,3-4,15,17H2,1-2H3,(H2,28,30,31,34). The molecule has 7 heteroatoms. The number of hydrogen-bond acceptors (Lipinski definition) is 5. The number of benzene rings is 3. The summed E-state index contributed by atoms with van der Waals surface area (Å²) in [6.07, 6.45) is 2.67. The molecule has 1 amide bonds. The second-order valence-corrected chi connectivity index (χ2v) is 8.50. The Morgan fingerprint density at radius 2 is 1.82 bits per heavy atom. The fourth-order valence-corrected chi connectivity index (χ4v) is 3.63. The number of oxazole rings is 1. The number of aryl methyl sites for hydroxylation is 1. The number of ether oxygens (including phenoxy) is 1. The molecule has 0 fully saturated rings. The van der Waals surface area contributed by atoms with Crippen molar-refractivity contribution >= 4 is 40.0 Å². The van der Waals surface area contributed by atoms with E-state index in [1.165, 1.54) is 0 Å². The molecule has 0 radical (unpaired) electrons. The summed E-state index contributed by atoms with van der Waals surface area (Å²) in [7, 11) is 0. The van der Waals surface area contributed by atoms with Gasteiger partial charge in [-0.3, -0.25) is 10.1 Å². The number of carbonyl (C=O) groups is 1. The first kappa shape index (κ1) is 23.4. The third-order valence-corrected chi connectivity index (χ3v) is 5.47. The van der Waals surface area contributed by atoms with Crippen LogP contribution in [-0.2, 0) is 6.42 Å². The Hall–Kier alpha value is -3.71. The molecule has 4 rings (SSSR count). The molecule has 1 aromatic heterocycles. The first-order valence-electron chi connectivity index (χ1n) is 11.3. The summed E-state index contributed by atoms with van der Waals surface area (Å²) in [5.41, 5.74) is 5.16. The minimum atomic E-state index is -0.277. The van der Waals surface area contributed by atoms with Crippen LogP contribution in [0.4, 0.5) is 5.69 Å². The monoisotopic (exact) mass is 473 g/mol. The average Bonchev–Trinajstić information content (AvgIpc) is 3.22. The fourth-order valence-electron chi connectivity index (χ4n) is 3.42. The summed E-state index contributed by atoms with van der Waals surface area (Å²) in [6.45, 7) is 4.82. The highest BCUT2D eigenvalue weighted by atomic mass is 32.1. The van der Waals surface area contributed by atoms with Gasteiger partial charge in [-0.25, -0.2) is 4.98 Å². The van der Waals surface area contributed by atoms with Crippen molar-refractivity contribution in [2.45, 2.75) is 33.1 Å². The van der Waals surface area contributed by atoms with E-state index in [1.54, 1.807) is 24.3 Å². The van der Waals surface area contributed by atoms with Crippen LogP contribution in [0.2, 0.25) is 0 Å². The number of nitrogens with one attached hydrogen (secondary N) is 2. The normalized spacial score (nSPS) is 10.8. The second kappa shape index (κ2) is 10.9. The van der Waals surface area contributed by atoms with E-state index in [0.29, 0.717) is 24.5 Å². The molecule has 0 unspecified atom stereocenters. The lowest BCUT2D eigenvalue weighted by atomic mass is 10.1. The smallest absolute Gasteiger partial charge is 0.257 e. The molecule has 0 aliphatic carbocycles. The third kappa shape index (κ3) is 6.20. The van der Waals surface area contributed by atoms with Gasteiger partial charge < -0.3 is 14.5 Å². The molecule has 2 N–H and O–H groups in total. The molecule has 0 spiro atoms. The van der Waals surface area contributed by atoms with Crippen molar-refractivity contribution in [3.05, 3.63) is 89.3 Å². The highest BCUT2D eigenvalue weighted by Crippen LogP contribution is 2.20. The quantitative estimate of drug-likeness (QED) is 0.240. The molecule has 0 bridgehead atoms. The van der Waals surface area contributed by atoms with Crippen LogP contribution in [0.25, 0.3) is 11.1 Å².